The minimum atomic E-state index is -0.759. The molecule has 0 saturated heterocycles. The van der Waals surface area contributed by atoms with Crippen molar-refractivity contribution >= 4 is 35.0 Å². The number of benzene rings is 1. The quantitative estimate of drug-likeness (QED) is 0.545. The van der Waals surface area contributed by atoms with Crippen LogP contribution in [0, 0.1) is 17.1 Å². The van der Waals surface area contributed by atoms with Crippen LogP contribution in [-0.2, 0) is 11.2 Å². The van der Waals surface area contributed by atoms with Gasteiger partial charge >= 0.3 is 6.09 Å². The maximum Gasteiger partial charge on any atom is 0.414 e. The van der Waals surface area contributed by atoms with Gasteiger partial charge in [-0.1, -0.05) is 23.2 Å². The molecule has 0 aliphatic heterocycles. The zero-order valence-electron chi connectivity index (χ0n) is 15.2. The molecular weight excluding hydrogens is 392 g/mol. The van der Waals surface area contributed by atoms with Gasteiger partial charge in [-0.2, -0.15) is 5.26 Å². The van der Waals surface area contributed by atoms with Crippen LogP contribution >= 0.6 is 23.2 Å². The first-order chi connectivity index (χ1) is 12.5. The van der Waals surface area contributed by atoms with Crippen LogP contribution in [0.5, 0.6) is 0 Å². The third-order valence-corrected chi connectivity index (χ3v) is 4.93. The normalized spacial score (nSPS) is 12.2. The van der Waals surface area contributed by atoms with Crippen molar-refractivity contribution in [3.63, 3.8) is 0 Å². The number of halogens is 3. The molecule has 0 saturated carbocycles. The Morgan fingerprint density at radius 3 is 2.63 bits per heavy atom. The lowest BCUT2D eigenvalue weighted by Gasteiger charge is -2.26. The van der Waals surface area contributed by atoms with Crippen LogP contribution in [0.3, 0.4) is 0 Å². The lowest BCUT2D eigenvalue weighted by molar-refractivity contribution is 0.0589. The lowest BCUT2D eigenvalue weighted by atomic mass is 9.98. The molecule has 1 aromatic carbocycles. The number of rotatable bonds is 1. The molecule has 3 rings (SSSR count). The fourth-order valence-corrected chi connectivity index (χ4v) is 3.42. The molecule has 0 unspecified atom stereocenters. The third kappa shape index (κ3) is 3.33. The first-order valence-electron chi connectivity index (χ1n) is 8.10. The van der Waals surface area contributed by atoms with E-state index in [0.717, 1.165) is 6.07 Å². The van der Waals surface area contributed by atoms with Gasteiger partial charge in [0.1, 0.15) is 17.5 Å². The van der Waals surface area contributed by atoms with E-state index in [4.69, 9.17) is 27.9 Å². The molecule has 0 fully saturated rings. The van der Waals surface area contributed by atoms with Gasteiger partial charge in [-0.05, 0) is 32.4 Å². The van der Waals surface area contributed by atoms with Crippen LogP contribution in [0.15, 0.2) is 12.3 Å². The van der Waals surface area contributed by atoms with E-state index in [-0.39, 0.29) is 15.6 Å². The second-order valence-corrected chi connectivity index (χ2v) is 7.96. The second kappa shape index (κ2) is 6.66. The standard InChI is InChI=1S/C19H16Cl2FN3O2/c1-19(2,3)27-18(26)25(4)14-6-12(22)10(7-23)15-9(14)5-13-16(15)17(21)11(20)8-24-13/h6,8H,5H2,1-4H3. The van der Waals surface area contributed by atoms with Gasteiger partial charge in [0.05, 0.1) is 27.0 Å². The third-order valence-electron chi connectivity index (χ3n) is 4.15. The average Bonchev–Trinajstić information content (AvgIpc) is 2.95. The SMILES string of the molecule is CN(C(=O)OC(C)(C)C)c1cc(F)c(C#N)c2c1Cc1ncc(Cl)c(Cl)c1-2. The minimum Gasteiger partial charge on any atom is -0.443 e. The van der Waals surface area contributed by atoms with E-state index in [1.807, 2.05) is 6.07 Å². The Morgan fingerprint density at radius 1 is 1.37 bits per heavy atom. The van der Waals surface area contributed by atoms with Crippen LogP contribution in [0.2, 0.25) is 10.0 Å². The molecular formula is C19H16Cl2FN3O2. The van der Waals surface area contributed by atoms with Crippen molar-refractivity contribution in [2.24, 2.45) is 0 Å². The summed E-state index contributed by atoms with van der Waals surface area (Å²) in [5.41, 5.74) is 1.32. The van der Waals surface area contributed by atoms with Gasteiger partial charge in [-0.25, -0.2) is 9.18 Å². The van der Waals surface area contributed by atoms with Crippen molar-refractivity contribution in [2.45, 2.75) is 32.8 Å². The summed E-state index contributed by atoms with van der Waals surface area (Å²) in [5, 5.41) is 9.88. The Labute approximate surface area is 166 Å². The smallest absolute Gasteiger partial charge is 0.414 e. The van der Waals surface area contributed by atoms with Gasteiger partial charge in [-0.3, -0.25) is 9.88 Å². The van der Waals surface area contributed by atoms with Crippen molar-refractivity contribution < 1.29 is 13.9 Å². The second-order valence-electron chi connectivity index (χ2n) is 7.18. The van der Waals surface area contributed by atoms with Crippen molar-refractivity contribution in [1.29, 1.82) is 5.26 Å². The first kappa shape index (κ1) is 19.4. The lowest BCUT2D eigenvalue weighted by Crippen LogP contribution is -2.34. The Bertz CT molecular complexity index is 1010. The number of carbonyl (C=O) groups excluding carboxylic acids is 1. The predicted molar refractivity (Wildman–Crippen MR) is 102 cm³/mol. The summed E-state index contributed by atoms with van der Waals surface area (Å²) >= 11 is 12.4. The van der Waals surface area contributed by atoms with Crippen molar-refractivity contribution in [3.8, 4) is 17.2 Å². The topological polar surface area (TPSA) is 66.2 Å². The molecule has 0 bridgehead atoms. The van der Waals surface area contributed by atoms with E-state index in [0.29, 0.717) is 34.5 Å². The minimum absolute atomic E-state index is 0.156. The van der Waals surface area contributed by atoms with Crippen LogP contribution < -0.4 is 4.90 Å². The van der Waals surface area contributed by atoms with Crippen molar-refractivity contribution in [3.05, 3.63) is 44.9 Å². The average molecular weight is 408 g/mol. The fraction of sp³-hybridized carbons (Fsp3) is 0.316. The van der Waals surface area contributed by atoms with Gasteiger partial charge in [-0.15, -0.1) is 0 Å². The highest BCUT2D eigenvalue weighted by Crippen LogP contribution is 2.48. The molecule has 8 heteroatoms. The molecule has 0 N–H and O–H groups in total. The van der Waals surface area contributed by atoms with E-state index >= 15 is 0 Å². The Morgan fingerprint density at radius 2 is 2.04 bits per heavy atom. The molecule has 27 heavy (non-hydrogen) atoms. The summed E-state index contributed by atoms with van der Waals surface area (Å²) in [6.45, 7) is 5.22. The maximum absolute atomic E-state index is 14.7. The summed E-state index contributed by atoms with van der Waals surface area (Å²) in [6, 6.07) is 3.03. The molecule has 1 heterocycles. The largest absolute Gasteiger partial charge is 0.443 e. The summed E-state index contributed by atoms with van der Waals surface area (Å²) in [4.78, 5) is 18.0. The van der Waals surface area contributed by atoms with E-state index in [2.05, 4.69) is 4.98 Å². The number of aromatic nitrogens is 1. The Hall–Kier alpha value is -2.36. The zero-order valence-corrected chi connectivity index (χ0v) is 16.7. The van der Waals surface area contributed by atoms with E-state index < -0.39 is 17.5 Å². The number of fused-ring (bicyclic) bond motifs is 3. The number of anilines is 1. The number of hydrogen-bond acceptors (Lipinski definition) is 4. The number of nitriles is 1. The number of carbonyl (C=O) groups is 1. The highest BCUT2D eigenvalue weighted by molar-refractivity contribution is 6.44. The van der Waals surface area contributed by atoms with Crippen molar-refractivity contribution in [1.82, 2.24) is 4.98 Å². The molecule has 1 aliphatic carbocycles. The predicted octanol–water partition coefficient (Wildman–Crippen LogP) is 5.34. The van der Waals surface area contributed by atoms with Crippen LogP contribution in [0.25, 0.3) is 11.1 Å². The van der Waals surface area contributed by atoms with Gasteiger partial charge < -0.3 is 4.74 Å². The van der Waals surface area contributed by atoms with Crippen molar-refractivity contribution in [2.75, 3.05) is 11.9 Å². The Balaban J connectivity index is 2.22. The highest BCUT2D eigenvalue weighted by Gasteiger charge is 2.33. The Kier molecular flexibility index (Phi) is 4.79. The van der Waals surface area contributed by atoms with E-state index in [1.54, 1.807) is 20.8 Å². The number of ether oxygens (including phenoxy) is 1. The number of hydrogen-bond donors (Lipinski definition) is 0. The first-order valence-corrected chi connectivity index (χ1v) is 8.86. The maximum atomic E-state index is 14.7. The van der Waals surface area contributed by atoms with Gasteiger partial charge in [0.2, 0.25) is 0 Å². The summed E-state index contributed by atoms with van der Waals surface area (Å²) in [7, 11) is 1.49. The van der Waals surface area contributed by atoms with Crippen LogP contribution in [0.4, 0.5) is 14.9 Å². The molecule has 0 radical (unpaired) electrons. The number of nitrogens with zero attached hydrogens (tertiary/aromatic N) is 3. The monoisotopic (exact) mass is 407 g/mol. The molecule has 0 spiro atoms. The molecule has 1 aliphatic rings. The zero-order chi connectivity index (χ0) is 20.1. The van der Waals surface area contributed by atoms with Crippen LogP contribution in [-0.4, -0.2) is 23.7 Å². The van der Waals surface area contributed by atoms with Crippen LogP contribution in [0.1, 0.15) is 37.6 Å². The molecule has 5 nitrogen and oxygen atoms in total. The highest BCUT2D eigenvalue weighted by atomic mass is 35.5. The molecule has 2 aromatic rings. The van der Waals surface area contributed by atoms with E-state index in [1.165, 1.54) is 18.1 Å². The molecule has 0 atom stereocenters. The molecule has 1 aromatic heterocycles. The van der Waals surface area contributed by atoms with Gasteiger partial charge in [0, 0.05) is 30.8 Å². The number of pyridine rings is 1. The summed E-state index contributed by atoms with van der Waals surface area (Å²) < 4.78 is 20.1. The van der Waals surface area contributed by atoms with Gasteiger partial charge in [0.25, 0.3) is 0 Å². The number of amides is 1. The fourth-order valence-electron chi connectivity index (χ4n) is 3.03. The summed E-state index contributed by atoms with van der Waals surface area (Å²) in [6.07, 6.45) is 1.06. The summed E-state index contributed by atoms with van der Waals surface area (Å²) in [5.74, 6) is -0.759. The van der Waals surface area contributed by atoms with Gasteiger partial charge in [0.15, 0.2) is 0 Å². The molecule has 1 amide bonds. The molecule has 140 valence electrons. The van der Waals surface area contributed by atoms with E-state index in [9.17, 15) is 14.4 Å².